The van der Waals surface area contributed by atoms with Crippen LogP contribution in [0.3, 0.4) is 0 Å². The normalized spacial score (nSPS) is 27.0. The van der Waals surface area contributed by atoms with E-state index in [9.17, 15) is 0 Å². The second kappa shape index (κ2) is 6.58. The van der Waals surface area contributed by atoms with Crippen molar-refractivity contribution < 1.29 is 0 Å². The van der Waals surface area contributed by atoms with Crippen LogP contribution in [0.4, 0.5) is 0 Å². The van der Waals surface area contributed by atoms with Crippen LogP contribution in [0.2, 0.25) is 0 Å². The van der Waals surface area contributed by atoms with Crippen molar-refractivity contribution in [2.24, 2.45) is 5.92 Å². The van der Waals surface area contributed by atoms with Gasteiger partial charge in [0.1, 0.15) is 0 Å². The van der Waals surface area contributed by atoms with Gasteiger partial charge in [-0.3, -0.25) is 4.90 Å². The van der Waals surface area contributed by atoms with Crippen LogP contribution in [0.5, 0.6) is 0 Å². The Morgan fingerprint density at radius 3 is 2.56 bits per heavy atom. The average molecular weight is 227 g/mol. The molecule has 0 amide bonds. The molecule has 1 fully saturated rings. The van der Waals surface area contributed by atoms with E-state index in [1.54, 1.807) is 0 Å². The van der Waals surface area contributed by atoms with Crippen molar-refractivity contribution in [3.05, 3.63) is 0 Å². The molecule has 0 bridgehead atoms. The highest BCUT2D eigenvalue weighted by Crippen LogP contribution is 2.17. The van der Waals surface area contributed by atoms with Crippen LogP contribution in [-0.4, -0.2) is 62.2 Å². The van der Waals surface area contributed by atoms with Crippen molar-refractivity contribution in [3.63, 3.8) is 0 Å². The lowest BCUT2D eigenvalue weighted by atomic mass is 10.0. The van der Waals surface area contributed by atoms with E-state index in [-0.39, 0.29) is 0 Å². The topological polar surface area (TPSA) is 18.5 Å². The van der Waals surface area contributed by atoms with Crippen LogP contribution >= 0.6 is 0 Å². The first-order chi connectivity index (χ1) is 7.56. The highest BCUT2D eigenvalue weighted by atomic mass is 15.3. The Balaban J connectivity index is 2.66. The van der Waals surface area contributed by atoms with Gasteiger partial charge in [0, 0.05) is 31.7 Å². The van der Waals surface area contributed by atoms with Gasteiger partial charge in [-0.25, -0.2) is 0 Å². The van der Waals surface area contributed by atoms with Gasteiger partial charge in [0.2, 0.25) is 0 Å². The van der Waals surface area contributed by atoms with Gasteiger partial charge in [-0.05, 0) is 39.9 Å². The maximum atomic E-state index is 3.34. The van der Waals surface area contributed by atoms with Gasteiger partial charge in [0.05, 0.1) is 0 Å². The third-order valence-electron chi connectivity index (χ3n) is 3.71. The molecule has 0 aliphatic carbocycles. The van der Waals surface area contributed by atoms with Crippen LogP contribution in [-0.2, 0) is 0 Å². The smallest absolute Gasteiger partial charge is 0.0246 e. The third kappa shape index (κ3) is 3.72. The Bertz CT molecular complexity index is 194. The van der Waals surface area contributed by atoms with Gasteiger partial charge in [-0.1, -0.05) is 13.8 Å². The predicted molar refractivity (Wildman–Crippen MR) is 70.8 cm³/mol. The van der Waals surface area contributed by atoms with Crippen molar-refractivity contribution in [3.8, 4) is 0 Å². The minimum Gasteiger partial charge on any atom is -0.318 e. The van der Waals surface area contributed by atoms with Gasteiger partial charge in [0.15, 0.2) is 0 Å². The maximum Gasteiger partial charge on any atom is 0.0246 e. The molecule has 3 heteroatoms. The molecule has 0 radical (unpaired) electrons. The second-order valence-electron chi connectivity index (χ2n) is 5.57. The number of hydrogen-bond donors (Lipinski definition) is 1. The van der Waals surface area contributed by atoms with Crippen LogP contribution in [0, 0.1) is 5.92 Å². The van der Waals surface area contributed by atoms with Crippen molar-refractivity contribution >= 4 is 0 Å². The molecule has 1 aliphatic heterocycles. The largest absolute Gasteiger partial charge is 0.318 e. The molecule has 0 aromatic rings. The number of nitrogens with zero attached hydrogens (tertiary/aromatic N) is 2. The molecule has 1 N–H and O–H groups in total. The van der Waals surface area contributed by atoms with Gasteiger partial charge in [0.25, 0.3) is 0 Å². The number of likely N-dealkylation sites (N-methyl/N-ethyl adjacent to an activating group) is 2. The molecule has 3 nitrogen and oxygen atoms in total. The predicted octanol–water partition coefficient (Wildman–Crippen LogP) is 1.26. The van der Waals surface area contributed by atoms with Gasteiger partial charge < -0.3 is 10.2 Å². The minimum absolute atomic E-state index is 0.673. The van der Waals surface area contributed by atoms with Gasteiger partial charge in [-0.15, -0.1) is 0 Å². The molecule has 2 unspecified atom stereocenters. The summed E-state index contributed by atoms with van der Waals surface area (Å²) in [4.78, 5) is 5.16. The van der Waals surface area contributed by atoms with E-state index < -0.39 is 0 Å². The fourth-order valence-corrected chi connectivity index (χ4v) is 2.83. The number of rotatable bonds is 4. The standard InChI is InChI=1S/C13H29N3/c1-11(2)13(9-14-4)16-8-6-7-15(5)10-12(16)3/h11-14H,6-10H2,1-5H3. The molecule has 96 valence electrons. The lowest BCUT2D eigenvalue weighted by Gasteiger charge is -2.38. The van der Waals surface area contributed by atoms with Crippen LogP contribution in [0.25, 0.3) is 0 Å². The summed E-state index contributed by atoms with van der Waals surface area (Å²) in [6.45, 7) is 11.8. The Kier molecular flexibility index (Phi) is 5.73. The monoisotopic (exact) mass is 227 g/mol. The first-order valence-corrected chi connectivity index (χ1v) is 6.65. The van der Waals surface area contributed by atoms with E-state index in [1.807, 2.05) is 0 Å². The second-order valence-corrected chi connectivity index (χ2v) is 5.57. The van der Waals surface area contributed by atoms with E-state index in [2.05, 4.69) is 50.0 Å². The summed E-state index contributed by atoms with van der Waals surface area (Å²) >= 11 is 0. The Labute approximate surface area is 101 Å². The summed E-state index contributed by atoms with van der Waals surface area (Å²) < 4.78 is 0. The zero-order valence-electron chi connectivity index (χ0n) is 11.7. The van der Waals surface area contributed by atoms with Crippen molar-refractivity contribution in [1.29, 1.82) is 0 Å². The number of nitrogens with one attached hydrogen (secondary N) is 1. The molecule has 1 rings (SSSR count). The summed E-state index contributed by atoms with van der Waals surface area (Å²) in [6, 6.07) is 1.35. The first kappa shape index (κ1) is 13.9. The Hall–Kier alpha value is -0.120. The number of hydrogen-bond acceptors (Lipinski definition) is 3. The van der Waals surface area contributed by atoms with Crippen molar-refractivity contribution in [2.45, 2.75) is 39.3 Å². The Morgan fingerprint density at radius 1 is 1.31 bits per heavy atom. The average Bonchev–Trinajstić information content (AvgIpc) is 2.36. The molecular formula is C13H29N3. The molecule has 0 aromatic carbocycles. The minimum atomic E-state index is 0.673. The lowest BCUT2D eigenvalue weighted by molar-refractivity contribution is 0.110. The molecule has 0 spiro atoms. The summed E-state index contributed by atoms with van der Waals surface area (Å²) in [5.74, 6) is 0.721. The van der Waals surface area contributed by atoms with Gasteiger partial charge >= 0.3 is 0 Å². The van der Waals surface area contributed by atoms with Crippen molar-refractivity contribution in [2.75, 3.05) is 40.3 Å². The molecule has 0 aromatic heterocycles. The highest BCUT2D eigenvalue weighted by Gasteiger charge is 2.27. The first-order valence-electron chi connectivity index (χ1n) is 6.65. The zero-order valence-corrected chi connectivity index (χ0v) is 11.7. The van der Waals surface area contributed by atoms with Crippen molar-refractivity contribution in [1.82, 2.24) is 15.1 Å². The molecular weight excluding hydrogens is 198 g/mol. The summed E-state index contributed by atoms with van der Waals surface area (Å²) in [7, 11) is 4.30. The maximum absolute atomic E-state index is 3.34. The molecule has 1 saturated heterocycles. The van der Waals surface area contributed by atoms with E-state index in [4.69, 9.17) is 0 Å². The summed E-state index contributed by atoms with van der Waals surface area (Å²) in [5.41, 5.74) is 0. The quantitative estimate of drug-likeness (QED) is 0.780. The molecule has 0 saturated carbocycles. The lowest BCUT2D eigenvalue weighted by Crippen LogP contribution is -2.50. The van der Waals surface area contributed by atoms with E-state index in [1.165, 1.54) is 26.1 Å². The fraction of sp³-hybridized carbons (Fsp3) is 1.00. The molecule has 1 aliphatic rings. The Morgan fingerprint density at radius 2 is 2.00 bits per heavy atom. The summed E-state index contributed by atoms with van der Waals surface area (Å²) in [6.07, 6.45) is 1.30. The fourth-order valence-electron chi connectivity index (χ4n) is 2.83. The van der Waals surface area contributed by atoms with Crippen LogP contribution in [0.15, 0.2) is 0 Å². The third-order valence-corrected chi connectivity index (χ3v) is 3.71. The summed E-state index contributed by atoms with van der Waals surface area (Å²) in [5, 5.41) is 3.34. The van der Waals surface area contributed by atoms with E-state index >= 15 is 0 Å². The molecule has 16 heavy (non-hydrogen) atoms. The SMILES string of the molecule is CNCC(C(C)C)N1CCCN(C)CC1C. The molecule has 1 heterocycles. The van der Waals surface area contributed by atoms with Crippen LogP contribution < -0.4 is 5.32 Å². The van der Waals surface area contributed by atoms with Gasteiger partial charge in [-0.2, -0.15) is 0 Å². The van der Waals surface area contributed by atoms with E-state index in [0.29, 0.717) is 12.1 Å². The highest BCUT2D eigenvalue weighted by molar-refractivity contribution is 4.84. The van der Waals surface area contributed by atoms with E-state index in [0.717, 1.165) is 12.5 Å². The van der Waals surface area contributed by atoms with Crippen LogP contribution in [0.1, 0.15) is 27.2 Å². The molecule has 2 atom stereocenters. The zero-order chi connectivity index (χ0) is 12.1.